The number of hydrogen-bond acceptors (Lipinski definition) is 2. The fourth-order valence-corrected chi connectivity index (χ4v) is 2.57. The third-order valence-electron chi connectivity index (χ3n) is 4.39. The second kappa shape index (κ2) is 8.37. The van der Waals surface area contributed by atoms with Gasteiger partial charge in [0.25, 0.3) is 0 Å². The minimum Gasteiger partial charge on any atom is -0.355 e. The van der Waals surface area contributed by atoms with Gasteiger partial charge >= 0.3 is 0 Å². The Morgan fingerprint density at radius 3 is 2.31 bits per heavy atom. The van der Waals surface area contributed by atoms with Crippen LogP contribution in [-0.2, 0) is 16.0 Å². The van der Waals surface area contributed by atoms with Crippen LogP contribution in [0.15, 0.2) is 42.5 Å². The number of halogens is 1. The van der Waals surface area contributed by atoms with Gasteiger partial charge in [-0.15, -0.1) is 0 Å². The first-order valence-electron chi connectivity index (χ1n) is 8.61. The number of carbonyl (C=O) groups excluding carboxylic acids is 2. The molecule has 0 aromatic heterocycles. The van der Waals surface area contributed by atoms with E-state index in [1.165, 1.54) is 0 Å². The average molecular weight is 373 g/mol. The van der Waals surface area contributed by atoms with Crippen molar-refractivity contribution >= 4 is 29.1 Å². The summed E-state index contributed by atoms with van der Waals surface area (Å²) in [6.07, 6.45) is 0.678. The highest BCUT2D eigenvalue weighted by Gasteiger charge is 2.36. The summed E-state index contributed by atoms with van der Waals surface area (Å²) in [6, 6.07) is 13.3. The van der Waals surface area contributed by atoms with Crippen molar-refractivity contribution in [1.29, 1.82) is 0 Å². The monoisotopic (exact) mass is 372 g/mol. The first kappa shape index (κ1) is 20.0. The Hall–Kier alpha value is -2.33. The number of rotatable bonds is 6. The Labute approximate surface area is 159 Å². The van der Waals surface area contributed by atoms with Crippen molar-refractivity contribution in [3.05, 3.63) is 64.2 Å². The van der Waals surface area contributed by atoms with Crippen LogP contribution < -0.4 is 10.6 Å². The maximum atomic E-state index is 12.6. The minimum atomic E-state index is -1.17. The van der Waals surface area contributed by atoms with Gasteiger partial charge in [-0.05, 0) is 69.0 Å². The molecule has 0 heterocycles. The molecule has 2 rings (SSSR count). The van der Waals surface area contributed by atoms with Crippen molar-refractivity contribution in [2.24, 2.45) is 5.41 Å². The lowest BCUT2D eigenvalue weighted by Gasteiger charge is -2.23. The highest BCUT2D eigenvalue weighted by Crippen LogP contribution is 2.22. The smallest absolute Gasteiger partial charge is 0.239 e. The lowest BCUT2D eigenvalue weighted by Crippen LogP contribution is -2.45. The fourth-order valence-electron chi connectivity index (χ4n) is 2.44. The molecule has 0 aliphatic heterocycles. The first-order chi connectivity index (χ1) is 12.2. The zero-order chi connectivity index (χ0) is 19.3. The standard InChI is InChI=1S/C21H25ClN2O2/c1-14-5-6-15(2)18(13-14)24-20(26)21(3,4)19(25)23-12-11-16-7-9-17(22)10-8-16/h5-10,13H,11-12H2,1-4H3,(H,23,25)(H,24,26). The Morgan fingerprint density at radius 2 is 1.65 bits per heavy atom. The zero-order valence-electron chi connectivity index (χ0n) is 15.7. The number of anilines is 1. The second-order valence-corrected chi connectivity index (χ2v) is 7.47. The van der Waals surface area contributed by atoms with Crippen LogP contribution in [0.1, 0.15) is 30.5 Å². The van der Waals surface area contributed by atoms with E-state index >= 15 is 0 Å². The number of amides is 2. The first-order valence-corrected chi connectivity index (χ1v) is 8.99. The predicted octanol–water partition coefficient (Wildman–Crippen LogP) is 4.28. The quantitative estimate of drug-likeness (QED) is 0.743. The van der Waals surface area contributed by atoms with Crippen molar-refractivity contribution in [3.8, 4) is 0 Å². The molecular formula is C21H25ClN2O2. The molecule has 5 heteroatoms. The van der Waals surface area contributed by atoms with Crippen LogP contribution in [0.3, 0.4) is 0 Å². The van der Waals surface area contributed by atoms with Crippen molar-refractivity contribution in [3.63, 3.8) is 0 Å². The zero-order valence-corrected chi connectivity index (χ0v) is 16.4. The molecule has 2 aromatic carbocycles. The number of hydrogen-bond donors (Lipinski definition) is 2. The van der Waals surface area contributed by atoms with Crippen LogP contribution in [-0.4, -0.2) is 18.4 Å². The Kier molecular flexibility index (Phi) is 6.43. The molecule has 0 spiro atoms. The van der Waals surface area contributed by atoms with E-state index in [1.807, 2.05) is 56.3 Å². The van der Waals surface area contributed by atoms with Gasteiger partial charge in [-0.25, -0.2) is 0 Å². The molecule has 0 aliphatic carbocycles. The van der Waals surface area contributed by atoms with E-state index in [-0.39, 0.29) is 11.8 Å². The van der Waals surface area contributed by atoms with Crippen molar-refractivity contribution in [2.45, 2.75) is 34.1 Å². The van der Waals surface area contributed by atoms with Gasteiger partial charge < -0.3 is 10.6 Å². The van der Waals surface area contributed by atoms with E-state index in [2.05, 4.69) is 10.6 Å². The van der Waals surface area contributed by atoms with Gasteiger partial charge in [-0.3, -0.25) is 9.59 Å². The van der Waals surface area contributed by atoms with E-state index in [4.69, 9.17) is 11.6 Å². The van der Waals surface area contributed by atoms with E-state index in [9.17, 15) is 9.59 Å². The fraction of sp³-hybridized carbons (Fsp3) is 0.333. The molecule has 2 aromatic rings. The lowest BCUT2D eigenvalue weighted by atomic mass is 9.90. The van der Waals surface area contributed by atoms with Crippen LogP contribution in [0.5, 0.6) is 0 Å². The molecule has 26 heavy (non-hydrogen) atoms. The molecule has 0 radical (unpaired) electrons. The van der Waals surface area contributed by atoms with Crippen LogP contribution in [0.2, 0.25) is 5.02 Å². The maximum absolute atomic E-state index is 12.6. The molecule has 0 unspecified atom stereocenters. The third-order valence-corrected chi connectivity index (χ3v) is 4.64. The summed E-state index contributed by atoms with van der Waals surface area (Å²) in [6.45, 7) is 7.61. The highest BCUT2D eigenvalue weighted by atomic mass is 35.5. The van der Waals surface area contributed by atoms with Gasteiger partial charge in [-0.1, -0.05) is 35.9 Å². The van der Waals surface area contributed by atoms with Gasteiger partial charge in [0.1, 0.15) is 5.41 Å². The van der Waals surface area contributed by atoms with Gasteiger partial charge in [0, 0.05) is 17.3 Å². The summed E-state index contributed by atoms with van der Waals surface area (Å²) in [5.41, 5.74) is 2.65. The van der Waals surface area contributed by atoms with Crippen LogP contribution in [0.25, 0.3) is 0 Å². The minimum absolute atomic E-state index is 0.297. The number of carbonyl (C=O) groups is 2. The predicted molar refractivity (Wildman–Crippen MR) is 106 cm³/mol. The van der Waals surface area contributed by atoms with Gasteiger partial charge in [0.2, 0.25) is 11.8 Å². The number of benzene rings is 2. The van der Waals surface area contributed by atoms with Gasteiger partial charge in [-0.2, -0.15) is 0 Å². The molecule has 138 valence electrons. The summed E-state index contributed by atoms with van der Waals surface area (Å²) in [5, 5.41) is 6.40. The van der Waals surface area contributed by atoms with Crippen LogP contribution in [0.4, 0.5) is 5.69 Å². The summed E-state index contributed by atoms with van der Waals surface area (Å²) < 4.78 is 0. The molecule has 2 N–H and O–H groups in total. The summed E-state index contributed by atoms with van der Waals surface area (Å²) in [7, 11) is 0. The van der Waals surface area contributed by atoms with Gasteiger partial charge in [0.15, 0.2) is 0 Å². The SMILES string of the molecule is Cc1ccc(C)c(NC(=O)C(C)(C)C(=O)NCCc2ccc(Cl)cc2)c1. The van der Waals surface area contributed by atoms with Crippen molar-refractivity contribution in [1.82, 2.24) is 5.32 Å². The second-order valence-electron chi connectivity index (χ2n) is 7.03. The van der Waals surface area contributed by atoms with E-state index < -0.39 is 5.41 Å². The average Bonchev–Trinajstić information content (AvgIpc) is 2.59. The Balaban J connectivity index is 1.94. The molecule has 0 fully saturated rings. The largest absolute Gasteiger partial charge is 0.355 e. The molecule has 4 nitrogen and oxygen atoms in total. The van der Waals surface area contributed by atoms with Gasteiger partial charge in [0.05, 0.1) is 0 Å². The van der Waals surface area contributed by atoms with E-state index in [0.717, 1.165) is 22.4 Å². The summed E-state index contributed by atoms with van der Waals surface area (Å²) in [4.78, 5) is 25.1. The van der Waals surface area contributed by atoms with Crippen molar-refractivity contribution in [2.75, 3.05) is 11.9 Å². The Bertz CT molecular complexity index is 798. The van der Waals surface area contributed by atoms with Crippen LogP contribution in [0, 0.1) is 19.3 Å². The van der Waals surface area contributed by atoms with Crippen molar-refractivity contribution < 1.29 is 9.59 Å². The molecule has 0 aliphatic rings. The molecule has 0 saturated heterocycles. The molecular weight excluding hydrogens is 348 g/mol. The lowest BCUT2D eigenvalue weighted by molar-refractivity contribution is -0.138. The number of aryl methyl sites for hydroxylation is 2. The third kappa shape index (κ3) is 5.09. The molecule has 2 amide bonds. The highest BCUT2D eigenvalue weighted by molar-refractivity contribution is 6.30. The summed E-state index contributed by atoms with van der Waals surface area (Å²) >= 11 is 5.86. The molecule has 0 saturated carbocycles. The maximum Gasteiger partial charge on any atom is 0.239 e. The molecule has 0 bridgehead atoms. The normalized spacial score (nSPS) is 11.1. The summed E-state index contributed by atoms with van der Waals surface area (Å²) in [5.74, 6) is -0.621. The Morgan fingerprint density at radius 1 is 1.00 bits per heavy atom. The molecule has 0 atom stereocenters. The van der Waals surface area contributed by atoms with E-state index in [0.29, 0.717) is 18.0 Å². The van der Waals surface area contributed by atoms with E-state index in [1.54, 1.807) is 13.8 Å². The topological polar surface area (TPSA) is 58.2 Å². The van der Waals surface area contributed by atoms with Crippen LogP contribution >= 0.6 is 11.6 Å². The number of nitrogens with one attached hydrogen (secondary N) is 2.